The van der Waals surface area contributed by atoms with Crippen molar-refractivity contribution in [3.63, 3.8) is 0 Å². The number of para-hydroxylation sites is 1. The van der Waals surface area contributed by atoms with Crippen LogP contribution in [0.2, 0.25) is 0 Å². The Morgan fingerprint density at radius 1 is 1.10 bits per heavy atom. The third-order valence-electron chi connectivity index (χ3n) is 6.63. The zero-order valence-electron chi connectivity index (χ0n) is 18.9. The largest absolute Gasteiger partial charge is 0.489 e. The molecule has 166 valence electrons. The van der Waals surface area contributed by atoms with Crippen molar-refractivity contribution in [2.24, 2.45) is 0 Å². The standard InChI is InChI=1S/C26H35N3O2/c1-20-10-13-27-22(18-20)19-21(2)28-16-11-23(12-17-28)31-25-9-5-4-8-24(25)26(30)29-14-6-3-7-15-29/h4-5,8-10,13,18,21,23H,3,6-7,11-12,14-17,19H2,1-2H3/t21-/m1/s1. The van der Waals surface area contributed by atoms with Crippen molar-refractivity contribution in [2.45, 2.75) is 64.5 Å². The summed E-state index contributed by atoms with van der Waals surface area (Å²) in [6, 6.07) is 12.5. The number of amides is 1. The molecule has 2 aliphatic rings. The number of piperidine rings is 2. The maximum Gasteiger partial charge on any atom is 0.257 e. The average Bonchev–Trinajstić information content (AvgIpc) is 2.80. The highest BCUT2D eigenvalue weighted by atomic mass is 16.5. The molecule has 0 saturated carbocycles. The van der Waals surface area contributed by atoms with E-state index in [4.69, 9.17) is 4.74 Å². The van der Waals surface area contributed by atoms with E-state index in [2.05, 4.69) is 29.8 Å². The van der Waals surface area contributed by atoms with E-state index in [0.29, 0.717) is 11.6 Å². The normalized spacial score (nSPS) is 19.2. The minimum absolute atomic E-state index is 0.118. The van der Waals surface area contributed by atoms with E-state index < -0.39 is 0 Å². The Labute approximate surface area is 186 Å². The van der Waals surface area contributed by atoms with Gasteiger partial charge in [-0.3, -0.25) is 14.7 Å². The highest BCUT2D eigenvalue weighted by Crippen LogP contribution is 2.26. The number of pyridine rings is 1. The van der Waals surface area contributed by atoms with Crippen molar-refractivity contribution in [3.05, 3.63) is 59.4 Å². The molecule has 2 aromatic rings. The summed E-state index contributed by atoms with van der Waals surface area (Å²) in [4.78, 5) is 22.1. The molecular weight excluding hydrogens is 386 g/mol. The molecule has 2 fully saturated rings. The molecule has 0 radical (unpaired) electrons. The number of benzene rings is 1. The summed E-state index contributed by atoms with van der Waals surface area (Å²) < 4.78 is 6.37. The van der Waals surface area contributed by atoms with Crippen molar-refractivity contribution in [2.75, 3.05) is 26.2 Å². The molecule has 2 aliphatic heterocycles. The number of aromatic nitrogens is 1. The van der Waals surface area contributed by atoms with Gasteiger partial charge in [-0.1, -0.05) is 12.1 Å². The van der Waals surface area contributed by atoms with Gasteiger partial charge in [0.2, 0.25) is 0 Å². The average molecular weight is 422 g/mol. The van der Waals surface area contributed by atoms with Crippen molar-refractivity contribution in [1.29, 1.82) is 0 Å². The van der Waals surface area contributed by atoms with Gasteiger partial charge in [0, 0.05) is 50.5 Å². The first kappa shape index (κ1) is 21.8. The summed E-state index contributed by atoms with van der Waals surface area (Å²) in [5, 5.41) is 0. The fourth-order valence-corrected chi connectivity index (χ4v) is 4.77. The highest BCUT2D eigenvalue weighted by Gasteiger charge is 2.26. The van der Waals surface area contributed by atoms with Crippen molar-refractivity contribution < 1.29 is 9.53 Å². The van der Waals surface area contributed by atoms with Gasteiger partial charge >= 0.3 is 0 Å². The molecule has 0 spiro atoms. The smallest absolute Gasteiger partial charge is 0.257 e. The van der Waals surface area contributed by atoms with Crippen LogP contribution in [0, 0.1) is 6.92 Å². The van der Waals surface area contributed by atoms with Gasteiger partial charge in [-0.15, -0.1) is 0 Å². The molecule has 0 N–H and O–H groups in total. The van der Waals surface area contributed by atoms with Gasteiger partial charge in [0.1, 0.15) is 11.9 Å². The molecule has 3 heterocycles. The lowest BCUT2D eigenvalue weighted by Crippen LogP contribution is -2.44. The van der Waals surface area contributed by atoms with Gasteiger partial charge in [-0.2, -0.15) is 0 Å². The van der Waals surface area contributed by atoms with Gasteiger partial charge in [0.05, 0.1) is 5.56 Å². The summed E-state index contributed by atoms with van der Waals surface area (Å²) >= 11 is 0. The molecule has 1 aromatic heterocycles. The zero-order chi connectivity index (χ0) is 21.6. The lowest BCUT2D eigenvalue weighted by molar-refractivity contribution is 0.0683. The number of hydrogen-bond acceptors (Lipinski definition) is 4. The number of hydrogen-bond donors (Lipinski definition) is 0. The summed E-state index contributed by atoms with van der Waals surface area (Å²) in [5.74, 6) is 0.862. The SMILES string of the molecule is Cc1ccnc(C[C@@H](C)N2CCC(Oc3ccccc3C(=O)N3CCCCC3)CC2)c1. The minimum Gasteiger partial charge on any atom is -0.489 e. The number of rotatable bonds is 6. The second kappa shape index (κ2) is 10.3. The fourth-order valence-electron chi connectivity index (χ4n) is 4.77. The van der Waals surface area contributed by atoms with Gasteiger partial charge in [0.15, 0.2) is 0 Å². The number of carbonyl (C=O) groups excluding carboxylic acids is 1. The fraction of sp³-hybridized carbons (Fsp3) is 0.538. The second-order valence-electron chi connectivity index (χ2n) is 9.08. The van der Waals surface area contributed by atoms with Gasteiger partial charge in [0.25, 0.3) is 5.91 Å². The Bertz CT molecular complexity index is 870. The molecule has 1 atom stereocenters. The molecular formula is C26H35N3O2. The predicted molar refractivity (Wildman–Crippen MR) is 124 cm³/mol. The summed E-state index contributed by atoms with van der Waals surface area (Å²) in [6.45, 7) is 8.16. The number of nitrogens with zero attached hydrogens (tertiary/aromatic N) is 3. The van der Waals surface area contributed by atoms with E-state index in [1.54, 1.807) is 0 Å². The molecule has 0 aliphatic carbocycles. The topological polar surface area (TPSA) is 45.7 Å². The lowest BCUT2D eigenvalue weighted by Gasteiger charge is -2.36. The van der Waals surface area contributed by atoms with Crippen LogP contribution in [-0.2, 0) is 6.42 Å². The maximum atomic E-state index is 13.0. The Kier molecular flexibility index (Phi) is 7.23. The highest BCUT2D eigenvalue weighted by molar-refractivity contribution is 5.97. The predicted octanol–water partition coefficient (Wildman–Crippen LogP) is 4.49. The lowest BCUT2D eigenvalue weighted by atomic mass is 10.0. The first-order chi connectivity index (χ1) is 15.1. The quantitative estimate of drug-likeness (QED) is 0.689. The molecule has 5 nitrogen and oxygen atoms in total. The summed E-state index contributed by atoms with van der Waals surface area (Å²) in [5.41, 5.74) is 3.14. The first-order valence-electron chi connectivity index (χ1n) is 11.8. The van der Waals surface area contributed by atoms with Crippen LogP contribution in [0.5, 0.6) is 5.75 Å². The number of carbonyl (C=O) groups is 1. The molecule has 4 rings (SSSR count). The van der Waals surface area contributed by atoms with Crippen LogP contribution in [0.25, 0.3) is 0 Å². The third-order valence-corrected chi connectivity index (χ3v) is 6.63. The van der Waals surface area contributed by atoms with Crippen molar-refractivity contribution >= 4 is 5.91 Å². The van der Waals surface area contributed by atoms with Crippen LogP contribution >= 0.6 is 0 Å². The van der Waals surface area contributed by atoms with E-state index in [1.807, 2.05) is 41.4 Å². The molecule has 0 bridgehead atoms. The minimum atomic E-state index is 0.118. The molecule has 0 unspecified atom stereocenters. The van der Waals surface area contributed by atoms with Crippen LogP contribution in [0.3, 0.4) is 0 Å². The molecule has 2 saturated heterocycles. The van der Waals surface area contributed by atoms with Crippen LogP contribution in [0.1, 0.15) is 60.6 Å². The monoisotopic (exact) mass is 421 g/mol. The Morgan fingerprint density at radius 3 is 2.58 bits per heavy atom. The number of likely N-dealkylation sites (tertiary alicyclic amines) is 2. The number of aryl methyl sites for hydroxylation is 1. The zero-order valence-corrected chi connectivity index (χ0v) is 18.9. The van der Waals surface area contributed by atoms with E-state index in [1.165, 1.54) is 12.0 Å². The van der Waals surface area contributed by atoms with E-state index >= 15 is 0 Å². The Morgan fingerprint density at radius 2 is 1.84 bits per heavy atom. The van der Waals surface area contributed by atoms with Crippen molar-refractivity contribution in [1.82, 2.24) is 14.8 Å². The van der Waals surface area contributed by atoms with Crippen molar-refractivity contribution in [3.8, 4) is 5.75 Å². The first-order valence-corrected chi connectivity index (χ1v) is 11.8. The maximum absolute atomic E-state index is 13.0. The van der Waals surface area contributed by atoms with Crippen LogP contribution in [0.4, 0.5) is 0 Å². The summed E-state index contributed by atoms with van der Waals surface area (Å²) in [6.07, 6.45) is 8.43. The van der Waals surface area contributed by atoms with E-state index in [9.17, 15) is 4.79 Å². The number of ether oxygens (including phenoxy) is 1. The molecule has 5 heteroatoms. The Hall–Kier alpha value is -2.40. The van der Waals surface area contributed by atoms with E-state index in [-0.39, 0.29) is 12.0 Å². The Balaban J connectivity index is 1.32. The van der Waals surface area contributed by atoms with Gasteiger partial charge in [-0.05, 0) is 75.8 Å². The van der Waals surface area contributed by atoms with Gasteiger partial charge in [-0.25, -0.2) is 0 Å². The van der Waals surface area contributed by atoms with Crippen LogP contribution in [-0.4, -0.2) is 59.0 Å². The third kappa shape index (κ3) is 5.65. The van der Waals surface area contributed by atoms with Crippen LogP contribution in [0.15, 0.2) is 42.6 Å². The molecule has 1 amide bonds. The summed E-state index contributed by atoms with van der Waals surface area (Å²) in [7, 11) is 0. The second-order valence-corrected chi connectivity index (χ2v) is 9.08. The van der Waals surface area contributed by atoms with Crippen LogP contribution < -0.4 is 4.74 Å². The van der Waals surface area contributed by atoms with Gasteiger partial charge < -0.3 is 9.64 Å². The molecule has 1 aromatic carbocycles. The molecule has 31 heavy (non-hydrogen) atoms. The van der Waals surface area contributed by atoms with E-state index in [0.717, 1.165) is 69.7 Å².